The second-order valence-corrected chi connectivity index (χ2v) is 11.4. The second-order valence-electron chi connectivity index (χ2n) is 9.43. The summed E-state index contributed by atoms with van der Waals surface area (Å²) in [5, 5.41) is 1.97. The van der Waals surface area contributed by atoms with Crippen LogP contribution in [-0.4, -0.2) is 17.1 Å². The number of carbonyl (C=O) groups excluding carboxylic acids is 1. The lowest BCUT2D eigenvalue weighted by Crippen LogP contribution is -2.40. The van der Waals surface area contributed by atoms with E-state index >= 15 is 0 Å². The molecule has 1 aliphatic heterocycles. The van der Waals surface area contributed by atoms with Gasteiger partial charge in [0, 0.05) is 4.88 Å². The van der Waals surface area contributed by atoms with Gasteiger partial charge in [-0.05, 0) is 53.6 Å². The fourth-order valence-electron chi connectivity index (χ4n) is 4.21. The highest BCUT2D eigenvalue weighted by Crippen LogP contribution is 2.32. The van der Waals surface area contributed by atoms with Crippen molar-refractivity contribution < 1.29 is 14.3 Å². The first kappa shape index (κ1) is 25.9. The SMILES string of the molecule is CC1=C(C(=O)OCC(C)C)C(c2ccc(OCc3ccccc3)cc2)n2c(sc(=Cc3cccs3)c2=O)=N1. The van der Waals surface area contributed by atoms with E-state index in [1.807, 2.05) is 92.0 Å². The van der Waals surface area contributed by atoms with Gasteiger partial charge in [-0.3, -0.25) is 9.36 Å². The maximum absolute atomic E-state index is 13.7. The molecule has 0 fully saturated rings. The van der Waals surface area contributed by atoms with E-state index < -0.39 is 12.0 Å². The molecule has 0 spiro atoms. The van der Waals surface area contributed by atoms with Crippen LogP contribution in [0.1, 0.15) is 42.8 Å². The molecule has 3 heterocycles. The minimum Gasteiger partial charge on any atom is -0.489 e. The maximum atomic E-state index is 13.7. The normalized spacial score (nSPS) is 15.4. The molecule has 0 bridgehead atoms. The van der Waals surface area contributed by atoms with Crippen LogP contribution in [0.15, 0.2) is 93.2 Å². The van der Waals surface area contributed by atoms with E-state index in [1.54, 1.807) is 22.8 Å². The molecule has 0 radical (unpaired) electrons. The molecule has 0 aliphatic carbocycles. The molecule has 1 atom stereocenters. The zero-order chi connectivity index (χ0) is 26.6. The summed E-state index contributed by atoms with van der Waals surface area (Å²) < 4.78 is 13.8. The summed E-state index contributed by atoms with van der Waals surface area (Å²) in [4.78, 5) is 33.2. The number of carbonyl (C=O) groups is 1. The Morgan fingerprint density at radius 2 is 1.84 bits per heavy atom. The van der Waals surface area contributed by atoms with Crippen molar-refractivity contribution in [2.24, 2.45) is 10.9 Å². The van der Waals surface area contributed by atoms with Crippen LogP contribution in [-0.2, 0) is 16.1 Å². The van der Waals surface area contributed by atoms with Gasteiger partial charge in [-0.15, -0.1) is 11.3 Å². The number of benzene rings is 2. The second kappa shape index (κ2) is 11.3. The Bertz CT molecular complexity index is 1630. The molecule has 1 unspecified atom stereocenters. The van der Waals surface area contributed by atoms with E-state index in [0.29, 0.717) is 33.0 Å². The van der Waals surface area contributed by atoms with Crippen LogP contribution in [0.2, 0.25) is 0 Å². The Balaban J connectivity index is 1.54. The highest BCUT2D eigenvalue weighted by molar-refractivity contribution is 7.11. The predicted octanol–water partition coefficient (Wildman–Crippen LogP) is 5.07. The molecule has 0 saturated heterocycles. The van der Waals surface area contributed by atoms with E-state index in [0.717, 1.165) is 16.0 Å². The topological polar surface area (TPSA) is 69.9 Å². The van der Waals surface area contributed by atoms with Crippen LogP contribution in [0.3, 0.4) is 0 Å². The van der Waals surface area contributed by atoms with E-state index in [-0.39, 0.29) is 18.1 Å². The summed E-state index contributed by atoms with van der Waals surface area (Å²) in [6.45, 7) is 6.51. The van der Waals surface area contributed by atoms with Crippen LogP contribution in [0, 0.1) is 5.92 Å². The fourth-order valence-corrected chi connectivity index (χ4v) is 5.98. The number of fused-ring (bicyclic) bond motifs is 1. The zero-order valence-corrected chi connectivity index (χ0v) is 23.1. The molecule has 2 aromatic heterocycles. The Morgan fingerprint density at radius 3 is 2.53 bits per heavy atom. The van der Waals surface area contributed by atoms with Crippen molar-refractivity contribution in [3.05, 3.63) is 119 Å². The number of esters is 1. The Hall–Kier alpha value is -3.75. The molecule has 38 heavy (non-hydrogen) atoms. The average Bonchev–Trinajstić information content (AvgIpc) is 3.54. The van der Waals surface area contributed by atoms with Crippen molar-refractivity contribution in [3.8, 4) is 5.75 Å². The molecule has 194 valence electrons. The Kier molecular flexibility index (Phi) is 7.72. The lowest BCUT2D eigenvalue weighted by atomic mass is 9.96. The molecule has 6 nitrogen and oxygen atoms in total. The van der Waals surface area contributed by atoms with Crippen LogP contribution in [0.4, 0.5) is 0 Å². The van der Waals surface area contributed by atoms with Crippen molar-refractivity contribution in [1.82, 2.24) is 4.57 Å². The minimum absolute atomic E-state index is 0.182. The maximum Gasteiger partial charge on any atom is 0.338 e. The zero-order valence-electron chi connectivity index (χ0n) is 21.4. The highest BCUT2D eigenvalue weighted by atomic mass is 32.1. The largest absolute Gasteiger partial charge is 0.489 e. The molecule has 4 aromatic rings. The molecule has 0 saturated carbocycles. The van der Waals surface area contributed by atoms with Crippen molar-refractivity contribution in [3.63, 3.8) is 0 Å². The molecular weight excluding hydrogens is 516 g/mol. The first-order valence-corrected chi connectivity index (χ1v) is 14.1. The molecule has 8 heteroatoms. The van der Waals surface area contributed by atoms with E-state index in [1.165, 1.54) is 11.3 Å². The van der Waals surface area contributed by atoms with Gasteiger partial charge in [-0.2, -0.15) is 0 Å². The third-order valence-electron chi connectivity index (χ3n) is 6.05. The molecule has 0 amide bonds. The molecule has 0 N–H and O–H groups in total. The third-order valence-corrected chi connectivity index (χ3v) is 7.85. The van der Waals surface area contributed by atoms with Crippen molar-refractivity contribution in [1.29, 1.82) is 0 Å². The lowest BCUT2D eigenvalue weighted by molar-refractivity contribution is -0.140. The summed E-state index contributed by atoms with van der Waals surface area (Å²) in [5.74, 6) is 0.431. The first-order chi connectivity index (χ1) is 18.4. The predicted molar refractivity (Wildman–Crippen MR) is 151 cm³/mol. The monoisotopic (exact) mass is 544 g/mol. The van der Waals surface area contributed by atoms with Crippen LogP contribution < -0.4 is 19.6 Å². The number of aromatic nitrogens is 1. The van der Waals surface area contributed by atoms with E-state index in [9.17, 15) is 9.59 Å². The first-order valence-electron chi connectivity index (χ1n) is 12.4. The van der Waals surface area contributed by atoms with Gasteiger partial charge in [0.15, 0.2) is 4.80 Å². The van der Waals surface area contributed by atoms with Gasteiger partial charge in [0.1, 0.15) is 12.4 Å². The van der Waals surface area contributed by atoms with Gasteiger partial charge in [0.25, 0.3) is 5.56 Å². The number of hydrogen-bond donors (Lipinski definition) is 0. The summed E-state index contributed by atoms with van der Waals surface area (Å²) in [6.07, 6.45) is 1.88. The number of ether oxygens (including phenoxy) is 2. The number of nitrogens with zero attached hydrogens (tertiary/aromatic N) is 2. The quantitative estimate of drug-likeness (QED) is 0.290. The molecule has 1 aliphatic rings. The summed E-state index contributed by atoms with van der Waals surface area (Å²) >= 11 is 2.89. The van der Waals surface area contributed by atoms with Crippen molar-refractivity contribution in [2.45, 2.75) is 33.4 Å². The molecular formula is C30H28N2O4S2. The van der Waals surface area contributed by atoms with Gasteiger partial charge < -0.3 is 9.47 Å². The third kappa shape index (κ3) is 5.56. The van der Waals surface area contributed by atoms with Crippen molar-refractivity contribution >= 4 is 34.7 Å². The Labute approximate surface area is 228 Å². The number of rotatable bonds is 8. The van der Waals surface area contributed by atoms with Crippen LogP contribution >= 0.6 is 22.7 Å². The average molecular weight is 545 g/mol. The molecule has 2 aromatic carbocycles. The van der Waals surface area contributed by atoms with Crippen LogP contribution in [0.25, 0.3) is 6.08 Å². The van der Waals surface area contributed by atoms with Gasteiger partial charge in [0.05, 0.1) is 28.5 Å². The van der Waals surface area contributed by atoms with Gasteiger partial charge in [-0.1, -0.05) is 73.7 Å². The summed E-state index contributed by atoms with van der Waals surface area (Å²) in [5.41, 5.74) is 2.60. The van der Waals surface area contributed by atoms with E-state index in [4.69, 9.17) is 9.47 Å². The highest BCUT2D eigenvalue weighted by Gasteiger charge is 2.33. The van der Waals surface area contributed by atoms with Gasteiger partial charge in [0.2, 0.25) is 0 Å². The van der Waals surface area contributed by atoms with Gasteiger partial charge >= 0.3 is 5.97 Å². The number of thiophene rings is 1. The number of allylic oxidation sites excluding steroid dienone is 1. The lowest BCUT2D eigenvalue weighted by Gasteiger charge is -2.25. The standard InChI is InChI=1S/C30H28N2O4S2/c1-19(2)17-36-29(34)26-20(3)31-30-32(28(33)25(38-30)16-24-10-7-15-37-24)27(26)22-11-13-23(14-12-22)35-18-21-8-5-4-6-9-21/h4-16,19,27H,17-18H2,1-3H3. The van der Waals surface area contributed by atoms with E-state index in [2.05, 4.69) is 4.99 Å². The van der Waals surface area contributed by atoms with Crippen molar-refractivity contribution in [2.75, 3.05) is 6.61 Å². The number of hydrogen-bond acceptors (Lipinski definition) is 7. The number of thiazole rings is 1. The summed E-state index contributed by atoms with van der Waals surface area (Å²) in [6, 6.07) is 20.7. The Morgan fingerprint density at radius 1 is 1.08 bits per heavy atom. The minimum atomic E-state index is -0.653. The fraction of sp³-hybridized carbons (Fsp3) is 0.233. The summed E-state index contributed by atoms with van der Waals surface area (Å²) in [7, 11) is 0. The molecule has 5 rings (SSSR count). The van der Waals surface area contributed by atoms with Crippen LogP contribution in [0.5, 0.6) is 5.75 Å². The van der Waals surface area contributed by atoms with Gasteiger partial charge in [-0.25, -0.2) is 9.79 Å². The smallest absolute Gasteiger partial charge is 0.338 e.